The van der Waals surface area contributed by atoms with Crippen molar-refractivity contribution in [2.24, 2.45) is 11.3 Å². The van der Waals surface area contributed by atoms with Crippen LogP contribution in [0.15, 0.2) is 23.1 Å². The Bertz CT molecular complexity index is 988. The Kier molecular flexibility index (Phi) is 5.73. The summed E-state index contributed by atoms with van der Waals surface area (Å²) in [4.78, 5) is 14.1. The summed E-state index contributed by atoms with van der Waals surface area (Å²) in [5, 5.41) is 16.7. The predicted molar refractivity (Wildman–Crippen MR) is 117 cm³/mol. The Balaban J connectivity index is 1.22. The van der Waals surface area contributed by atoms with E-state index in [4.69, 9.17) is 5.41 Å². The predicted octanol–water partition coefficient (Wildman–Crippen LogP) is 3.14. The van der Waals surface area contributed by atoms with Gasteiger partial charge in [-0.3, -0.25) is 4.79 Å². The first-order valence-corrected chi connectivity index (χ1v) is 10.7. The van der Waals surface area contributed by atoms with Crippen molar-refractivity contribution in [1.82, 2.24) is 15.1 Å². The Morgan fingerprint density at radius 1 is 1.37 bits per heavy atom. The van der Waals surface area contributed by atoms with Crippen molar-refractivity contribution in [3.63, 3.8) is 0 Å². The van der Waals surface area contributed by atoms with Gasteiger partial charge in [0.1, 0.15) is 5.82 Å². The lowest BCUT2D eigenvalue weighted by molar-refractivity contribution is -0.0938. The van der Waals surface area contributed by atoms with Gasteiger partial charge in [-0.1, -0.05) is 12.1 Å². The molecule has 1 saturated heterocycles. The topological polar surface area (TPSA) is 84.9 Å². The third-order valence-corrected chi connectivity index (χ3v) is 6.86. The number of halogens is 1. The number of aryl methyl sites for hydroxylation is 1. The Morgan fingerprint density at radius 3 is 2.83 bits per heavy atom. The second-order valence-corrected chi connectivity index (χ2v) is 9.04. The summed E-state index contributed by atoms with van der Waals surface area (Å²) >= 11 is 0. The van der Waals surface area contributed by atoms with Gasteiger partial charge in [0.25, 0.3) is 5.56 Å². The van der Waals surface area contributed by atoms with Crippen molar-refractivity contribution in [3.05, 3.63) is 56.8 Å². The zero-order valence-electron chi connectivity index (χ0n) is 17.7. The number of hydrogen-bond donors (Lipinski definition) is 3. The fraction of sp³-hybridized carbons (Fsp3) is 0.522. The maximum Gasteiger partial charge on any atom is 0.267 e. The van der Waals surface area contributed by atoms with Crippen LogP contribution in [0.5, 0.6) is 0 Å². The lowest BCUT2D eigenvalue weighted by atomic mass is 9.56. The van der Waals surface area contributed by atoms with E-state index in [0.717, 1.165) is 55.6 Å². The van der Waals surface area contributed by atoms with Gasteiger partial charge in [-0.05, 0) is 68.0 Å². The summed E-state index contributed by atoms with van der Waals surface area (Å²) in [6.45, 7) is 5.16. The molecule has 2 aromatic rings. The molecule has 0 bridgehead atoms. The molecule has 1 aromatic carbocycles. The number of nitrogens with zero attached hydrogens (tertiary/aromatic N) is 2. The summed E-state index contributed by atoms with van der Waals surface area (Å²) in [6.07, 6.45) is 7.97. The molecule has 1 spiro atoms. The molecule has 160 valence electrons. The number of H-pyrrole nitrogens is 1. The van der Waals surface area contributed by atoms with Crippen molar-refractivity contribution in [2.45, 2.75) is 39.0 Å². The van der Waals surface area contributed by atoms with E-state index in [1.807, 2.05) is 19.1 Å². The molecule has 1 saturated carbocycles. The van der Waals surface area contributed by atoms with E-state index in [-0.39, 0.29) is 11.4 Å². The molecule has 0 amide bonds. The second kappa shape index (κ2) is 8.30. The van der Waals surface area contributed by atoms with Crippen molar-refractivity contribution in [1.29, 1.82) is 5.41 Å². The van der Waals surface area contributed by atoms with Crippen LogP contribution in [0.3, 0.4) is 0 Å². The molecule has 7 heteroatoms. The van der Waals surface area contributed by atoms with Gasteiger partial charge in [-0.25, -0.2) is 9.49 Å². The smallest absolute Gasteiger partial charge is 0.267 e. The van der Waals surface area contributed by atoms with Crippen LogP contribution in [0.4, 0.5) is 10.1 Å². The number of aromatic nitrogens is 2. The number of benzene rings is 1. The monoisotopic (exact) mass is 411 g/mol. The van der Waals surface area contributed by atoms with Crippen LogP contribution in [0.2, 0.25) is 0 Å². The highest BCUT2D eigenvalue weighted by atomic mass is 19.1. The fourth-order valence-corrected chi connectivity index (χ4v) is 5.35. The van der Waals surface area contributed by atoms with Gasteiger partial charge in [-0.15, -0.1) is 0 Å². The van der Waals surface area contributed by atoms with Gasteiger partial charge in [-0.2, -0.15) is 5.10 Å². The van der Waals surface area contributed by atoms with Gasteiger partial charge in [0.15, 0.2) is 0 Å². The zero-order valence-corrected chi connectivity index (χ0v) is 17.7. The van der Waals surface area contributed by atoms with E-state index >= 15 is 0 Å². The van der Waals surface area contributed by atoms with Crippen LogP contribution in [0.1, 0.15) is 41.5 Å². The minimum atomic E-state index is -0.209. The van der Waals surface area contributed by atoms with Crippen LogP contribution in [-0.4, -0.2) is 48.0 Å². The molecular weight excluding hydrogens is 381 g/mol. The molecule has 2 aliphatic rings. The van der Waals surface area contributed by atoms with Gasteiger partial charge >= 0.3 is 0 Å². The maximum atomic E-state index is 14.7. The summed E-state index contributed by atoms with van der Waals surface area (Å²) < 4.78 is 14.7. The molecule has 1 aliphatic heterocycles. The fourth-order valence-electron chi connectivity index (χ4n) is 5.35. The molecule has 2 heterocycles. The van der Waals surface area contributed by atoms with E-state index in [0.29, 0.717) is 22.6 Å². The van der Waals surface area contributed by atoms with Gasteiger partial charge < -0.3 is 15.6 Å². The maximum absolute atomic E-state index is 14.7. The Labute approximate surface area is 176 Å². The molecule has 0 radical (unpaired) electrons. The largest absolute Gasteiger partial charge is 0.385 e. The van der Waals surface area contributed by atoms with Crippen LogP contribution in [-0.2, 0) is 12.8 Å². The van der Waals surface area contributed by atoms with Crippen LogP contribution in [0.25, 0.3) is 0 Å². The van der Waals surface area contributed by atoms with E-state index in [2.05, 4.69) is 20.4 Å². The number of likely N-dealkylation sites (tertiary alicyclic amines) is 1. The number of aromatic amines is 1. The highest BCUT2D eigenvalue weighted by Crippen LogP contribution is 2.53. The van der Waals surface area contributed by atoms with Crippen molar-refractivity contribution >= 4 is 11.9 Å². The van der Waals surface area contributed by atoms with Gasteiger partial charge in [0.05, 0.1) is 11.9 Å². The molecule has 0 atom stereocenters. The summed E-state index contributed by atoms with van der Waals surface area (Å²) in [5.74, 6) is 0.334. The third-order valence-electron chi connectivity index (χ3n) is 6.86. The van der Waals surface area contributed by atoms with E-state index in [1.165, 1.54) is 19.1 Å². The molecule has 2 fully saturated rings. The van der Waals surface area contributed by atoms with E-state index in [1.54, 1.807) is 13.2 Å². The molecule has 3 N–H and O–H groups in total. The quantitative estimate of drug-likeness (QED) is 0.583. The second-order valence-electron chi connectivity index (χ2n) is 9.04. The van der Waals surface area contributed by atoms with Gasteiger partial charge in [0, 0.05) is 37.5 Å². The highest BCUT2D eigenvalue weighted by molar-refractivity contribution is 5.86. The van der Waals surface area contributed by atoms with Crippen molar-refractivity contribution in [2.75, 3.05) is 32.0 Å². The minimum absolute atomic E-state index is 0.0957. The molecule has 1 aliphatic carbocycles. The van der Waals surface area contributed by atoms with E-state index in [9.17, 15) is 9.18 Å². The molecule has 4 rings (SSSR count). The average molecular weight is 412 g/mol. The van der Waals surface area contributed by atoms with Crippen molar-refractivity contribution in [3.8, 4) is 0 Å². The zero-order chi connectivity index (χ0) is 21.3. The molecular formula is C23H30FN5O. The highest BCUT2D eigenvalue weighted by Gasteiger charge is 2.51. The number of anilines is 1. The molecule has 6 nitrogen and oxygen atoms in total. The lowest BCUT2D eigenvalue weighted by Crippen LogP contribution is -2.62. The van der Waals surface area contributed by atoms with E-state index < -0.39 is 0 Å². The SMILES string of the molecule is CNc1c(C=N)ccc(CC2CC3(C2)CN(CCCc2cn[nH]c(=O)c2C)C3)c1F. The number of rotatable bonds is 8. The van der Waals surface area contributed by atoms with Crippen LogP contribution < -0.4 is 10.9 Å². The average Bonchev–Trinajstić information content (AvgIpc) is 2.68. The first-order valence-electron chi connectivity index (χ1n) is 10.7. The van der Waals surface area contributed by atoms with Crippen LogP contribution >= 0.6 is 0 Å². The summed E-state index contributed by atoms with van der Waals surface area (Å²) in [5.41, 5.74) is 3.92. The Hall–Kier alpha value is -2.54. The Morgan fingerprint density at radius 2 is 2.13 bits per heavy atom. The van der Waals surface area contributed by atoms with Gasteiger partial charge in [0.2, 0.25) is 0 Å². The summed E-state index contributed by atoms with van der Waals surface area (Å²) in [6, 6.07) is 3.66. The minimum Gasteiger partial charge on any atom is -0.385 e. The first kappa shape index (κ1) is 20.7. The van der Waals surface area contributed by atoms with Crippen molar-refractivity contribution < 1.29 is 4.39 Å². The third kappa shape index (κ3) is 3.90. The first-order chi connectivity index (χ1) is 14.4. The van der Waals surface area contributed by atoms with Crippen LogP contribution in [0, 0.1) is 29.5 Å². The summed E-state index contributed by atoms with van der Waals surface area (Å²) in [7, 11) is 1.70. The molecule has 0 unspecified atom stereocenters. The molecule has 1 aromatic heterocycles. The number of nitrogens with one attached hydrogen (secondary N) is 3. The number of hydrogen-bond acceptors (Lipinski definition) is 5. The standard InChI is InChI=1S/C23H30FN5O/c1-15-19(12-27-28-22(15)30)4-3-7-29-13-23(14-29)9-16(10-23)8-17-5-6-18(11-25)21(26-2)20(17)24/h5-6,11-12,16,25-26H,3-4,7-10,13-14H2,1-2H3,(H,28,30). The normalized spacial score (nSPS) is 18.1. The lowest BCUT2D eigenvalue weighted by Gasteiger charge is -2.59. The molecule has 30 heavy (non-hydrogen) atoms.